The molecule has 0 radical (unpaired) electrons. The molecule has 41 heavy (non-hydrogen) atoms. The number of hydrogen-bond acceptors (Lipinski definition) is 6. The third kappa shape index (κ3) is 5.56. The van der Waals surface area contributed by atoms with Crippen molar-refractivity contribution >= 4 is 5.97 Å². The van der Waals surface area contributed by atoms with Crippen molar-refractivity contribution < 1.29 is 23.7 Å². The van der Waals surface area contributed by atoms with Crippen molar-refractivity contribution in [3.8, 4) is 28.7 Å². The van der Waals surface area contributed by atoms with E-state index in [0.717, 1.165) is 90.2 Å². The van der Waals surface area contributed by atoms with Gasteiger partial charge in [0.1, 0.15) is 23.7 Å². The van der Waals surface area contributed by atoms with Crippen molar-refractivity contribution in [2.45, 2.75) is 71.0 Å². The van der Waals surface area contributed by atoms with E-state index in [1.165, 1.54) is 5.56 Å². The van der Waals surface area contributed by atoms with E-state index < -0.39 is 0 Å². The number of aryl methyl sites for hydroxylation is 2. The lowest BCUT2D eigenvalue weighted by Gasteiger charge is -2.24. The highest BCUT2D eigenvalue weighted by Gasteiger charge is 2.45. The van der Waals surface area contributed by atoms with E-state index in [9.17, 15) is 10.1 Å². The number of carbonyl (C=O) groups is 1. The third-order valence-electron chi connectivity index (χ3n) is 8.67. The molecule has 2 fully saturated rings. The number of carbonyl (C=O) groups excluding carboxylic acids is 1. The predicted molar refractivity (Wildman–Crippen MR) is 156 cm³/mol. The molecule has 3 aromatic rings. The summed E-state index contributed by atoms with van der Waals surface area (Å²) in [5.74, 6) is 1.81. The first-order valence-corrected chi connectivity index (χ1v) is 14.8. The van der Waals surface area contributed by atoms with E-state index >= 15 is 0 Å². The van der Waals surface area contributed by atoms with Crippen LogP contribution in [-0.2, 0) is 20.7 Å². The Morgan fingerprint density at radius 2 is 1.68 bits per heavy atom. The molecule has 1 saturated heterocycles. The minimum absolute atomic E-state index is 0.0226. The average Bonchev–Trinajstić information content (AvgIpc) is 3.68. The van der Waals surface area contributed by atoms with Gasteiger partial charge in [-0.1, -0.05) is 18.2 Å². The normalized spacial score (nSPS) is 21.6. The highest BCUT2D eigenvalue weighted by molar-refractivity contribution is 5.81. The second-order valence-corrected chi connectivity index (χ2v) is 11.4. The lowest BCUT2D eigenvalue weighted by molar-refractivity contribution is -0.144. The Bertz CT molecular complexity index is 1460. The Morgan fingerprint density at radius 3 is 2.37 bits per heavy atom. The summed E-state index contributed by atoms with van der Waals surface area (Å²) in [7, 11) is 0. The van der Waals surface area contributed by atoms with Gasteiger partial charge in [-0.3, -0.25) is 4.79 Å². The van der Waals surface area contributed by atoms with Crippen molar-refractivity contribution in [2.24, 2.45) is 5.92 Å². The van der Waals surface area contributed by atoms with Crippen molar-refractivity contribution in [1.29, 1.82) is 5.26 Å². The quantitative estimate of drug-likeness (QED) is 0.277. The van der Waals surface area contributed by atoms with Crippen LogP contribution < -0.4 is 9.47 Å². The second-order valence-electron chi connectivity index (χ2n) is 11.4. The zero-order valence-electron chi connectivity index (χ0n) is 24.1. The molecule has 6 heteroatoms. The Hall–Kier alpha value is -3.82. The maximum absolute atomic E-state index is 12.0. The van der Waals surface area contributed by atoms with Gasteiger partial charge < -0.3 is 18.9 Å². The lowest BCUT2D eigenvalue weighted by Crippen LogP contribution is -2.25. The van der Waals surface area contributed by atoms with Crippen LogP contribution in [0.4, 0.5) is 0 Å². The highest BCUT2D eigenvalue weighted by atomic mass is 16.5. The van der Waals surface area contributed by atoms with Crippen LogP contribution in [0.25, 0.3) is 11.1 Å². The number of fused-ring (bicyclic) bond motifs is 1. The Balaban J connectivity index is 1.22. The molecule has 3 aliphatic rings. The Morgan fingerprint density at radius 1 is 0.951 bits per heavy atom. The van der Waals surface area contributed by atoms with Crippen LogP contribution in [-0.4, -0.2) is 31.9 Å². The minimum atomic E-state index is -0.0973. The number of hydrogen-bond donors (Lipinski definition) is 0. The molecule has 0 N–H and O–H groups in total. The summed E-state index contributed by atoms with van der Waals surface area (Å²) in [6, 6.07) is 18.8. The summed E-state index contributed by atoms with van der Waals surface area (Å²) >= 11 is 0. The molecule has 1 aliphatic heterocycles. The third-order valence-corrected chi connectivity index (χ3v) is 8.67. The first kappa shape index (κ1) is 27.4. The van der Waals surface area contributed by atoms with Crippen LogP contribution >= 0.6 is 0 Å². The van der Waals surface area contributed by atoms with Crippen LogP contribution in [0.3, 0.4) is 0 Å². The summed E-state index contributed by atoms with van der Waals surface area (Å²) < 4.78 is 23.5. The van der Waals surface area contributed by atoms with Crippen LogP contribution in [0.2, 0.25) is 0 Å². The van der Waals surface area contributed by atoms with Gasteiger partial charge in [-0.05, 0) is 110 Å². The largest absolute Gasteiger partial charge is 0.490 e. The fourth-order valence-corrected chi connectivity index (χ4v) is 6.57. The van der Waals surface area contributed by atoms with Gasteiger partial charge in [0.25, 0.3) is 0 Å². The van der Waals surface area contributed by atoms with Gasteiger partial charge in [0.2, 0.25) is 0 Å². The van der Waals surface area contributed by atoms with E-state index in [4.69, 9.17) is 18.9 Å². The zero-order valence-corrected chi connectivity index (χ0v) is 24.1. The SMILES string of the molecule is CCOC(=O)[C@H]1C[C@@H]1c1ccc(O[C@@H]2CCc3c2ccc(C#N)c3-c2c(C)cc(OC3CCOCC3)cc2C)cc1. The van der Waals surface area contributed by atoms with Crippen molar-refractivity contribution in [3.63, 3.8) is 0 Å². The summed E-state index contributed by atoms with van der Waals surface area (Å²) in [6.07, 6.45) is 4.47. The van der Waals surface area contributed by atoms with E-state index in [1.807, 2.05) is 25.1 Å². The average molecular weight is 552 g/mol. The van der Waals surface area contributed by atoms with Gasteiger partial charge in [-0.2, -0.15) is 5.26 Å². The van der Waals surface area contributed by atoms with Crippen LogP contribution in [0.1, 0.15) is 78.0 Å². The minimum Gasteiger partial charge on any atom is -0.490 e. The molecule has 6 rings (SSSR count). The standard InChI is InChI=1S/C35H37NO5/c1-4-39-35(37)31-19-30(31)23-5-8-25(9-6-23)41-32-12-11-29-28(32)10-7-24(20-36)34(29)33-21(2)17-27(18-22(33)3)40-26-13-15-38-16-14-26/h5-10,17-18,26,30-32H,4,11-16,19H2,1-3H3/t30-,31+,32-/m1/s1. The highest BCUT2D eigenvalue weighted by Crippen LogP contribution is 2.49. The molecule has 212 valence electrons. The van der Waals surface area contributed by atoms with Gasteiger partial charge in [0, 0.05) is 18.4 Å². The number of rotatable bonds is 8. The van der Waals surface area contributed by atoms with Gasteiger partial charge in [0.05, 0.1) is 37.4 Å². The molecule has 0 aromatic heterocycles. The van der Waals surface area contributed by atoms with Gasteiger partial charge in [0.15, 0.2) is 0 Å². The lowest BCUT2D eigenvalue weighted by atomic mass is 9.87. The first-order valence-electron chi connectivity index (χ1n) is 14.8. The number of esters is 1. The maximum atomic E-state index is 12.0. The van der Waals surface area contributed by atoms with Crippen LogP contribution in [0, 0.1) is 31.1 Å². The summed E-state index contributed by atoms with van der Waals surface area (Å²) in [6.45, 7) is 7.96. The number of ether oxygens (including phenoxy) is 4. The predicted octanol–water partition coefficient (Wildman–Crippen LogP) is 7.13. The molecule has 0 unspecified atom stereocenters. The molecule has 6 nitrogen and oxygen atoms in total. The van der Waals surface area contributed by atoms with E-state index in [2.05, 4.69) is 50.2 Å². The molecule has 3 aromatic carbocycles. The van der Waals surface area contributed by atoms with Crippen molar-refractivity contribution in [1.82, 2.24) is 0 Å². The molecular formula is C35H37NO5. The van der Waals surface area contributed by atoms with Crippen LogP contribution in [0.15, 0.2) is 48.5 Å². The Kier molecular flexibility index (Phi) is 7.73. The molecule has 3 atom stereocenters. The smallest absolute Gasteiger partial charge is 0.309 e. The molecule has 2 aliphatic carbocycles. The van der Waals surface area contributed by atoms with Gasteiger partial charge in [-0.15, -0.1) is 0 Å². The molecule has 1 saturated carbocycles. The molecule has 0 amide bonds. The monoisotopic (exact) mass is 551 g/mol. The molecule has 1 heterocycles. The maximum Gasteiger partial charge on any atom is 0.309 e. The van der Waals surface area contributed by atoms with Gasteiger partial charge in [-0.25, -0.2) is 0 Å². The summed E-state index contributed by atoms with van der Waals surface area (Å²) in [5, 5.41) is 10.1. The summed E-state index contributed by atoms with van der Waals surface area (Å²) in [4.78, 5) is 12.0. The topological polar surface area (TPSA) is 77.8 Å². The van der Waals surface area contributed by atoms with Gasteiger partial charge >= 0.3 is 5.97 Å². The number of benzene rings is 3. The summed E-state index contributed by atoms with van der Waals surface area (Å²) in [5.41, 5.74) is 8.55. The second kappa shape index (κ2) is 11.6. The fraction of sp³-hybridized carbons (Fsp3) is 0.429. The number of nitriles is 1. The molecule has 0 spiro atoms. The van der Waals surface area contributed by atoms with Crippen molar-refractivity contribution in [3.05, 3.63) is 81.9 Å². The van der Waals surface area contributed by atoms with Crippen LogP contribution in [0.5, 0.6) is 11.5 Å². The van der Waals surface area contributed by atoms with Crippen molar-refractivity contribution in [2.75, 3.05) is 19.8 Å². The van der Waals surface area contributed by atoms with E-state index in [-0.39, 0.29) is 30.0 Å². The fourth-order valence-electron chi connectivity index (χ4n) is 6.57. The zero-order chi connectivity index (χ0) is 28.5. The van der Waals surface area contributed by atoms with E-state index in [1.54, 1.807) is 0 Å². The first-order chi connectivity index (χ1) is 20.0. The Labute approximate surface area is 242 Å². The molecular weight excluding hydrogens is 514 g/mol. The van der Waals surface area contributed by atoms with E-state index in [0.29, 0.717) is 12.2 Å². The molecule has 0 bridgehead atoms. The number of nitrogens with zero attached hydrogens (tertiary/aromatic N) is 1.